The first-order valence-electron chi connectivity index (χ1n) is 8.32. The quantitative estimate of drug-likeness (QED) is 0.795. The molecular formula is C15H28BrN5O. The lowest BCUT2D eigenvalue weighted by atomic mass is 9.88. The van der Waals surface area contributed by atoms with E-state index in [1.165, 1.54) is 38.5 Å². The number of rotatable bonds is 3. The molecule has 0 saturated heterocycles. The Morgan fingerprint density at radius 3 is 2.36 bits per heavy atom. The third kappa shape index (κ3) is 3.74. The monoisotopic (exact) mass is 373 g/mol. The van der Waals surface area contributed by atoms with Gasteiger partial charge in [-0.15, -0.1) is 17.0 Å². The first-order valence-corrected chi connectivity index (χ1v) is 8.32. The van der Waals surface area contributed by atoms with E-state index in [2.05, 4.69) is 9.98 Å². The standard InChI is InChI=1S/C15H27N5O.BrH/c16-13-18-14(17)20(15(19-13)9-5-2-6-10-15)21-11-12-7-3-1-4-8-12;/h12H,1-11H2,(H4,16,17,18,19);1H. The second-order valence-electron chi connectivity index (χ2n) is 6.58. The van der Waals surface area contributed by atoms with Gasteiger partial charge in [-0.2, -0.15) is 10.1 Å². The van der Waals surface area contributed by atoms with E-state index in [0.717, 1.165) is 25.7 Å². The van der Waals surface area contributed by atoms with Crippen molar-refractivity contribution in [1.29, 1.82) is 0 Å². The maximum atomic E-state index is 6.09. The zero-order valence-corrected chi connectivity index (χ0v) is 14.9. The topological polar surface area (TPSA) is 89.2 Å². The number of hydrogen-bond acceptors (Lipinski definition) is 6. The van der Waals surface area contributed by atoms with Crippen molar-refractivity contribution in [1.82, 2.24) is 5.06 Å². The fraction of sp³-hybridized carbons (Fsp3) is 0.867. The van der Waals surface area contributed by atoms with Crippen LogP contribution in [0, 0.1) is 5.92 Å². The zero-order chi connectivity index (χ0) is 14.7. The molecule has 3 rings (SSSR count). The van der Waals surface area contributed by atoms with Gasteiger partial charge < -0.3 is 11.5 Å². The Hall–Kier alpha value is -0.820. The molecule has 3 aliphatic rings. The maximum absolute atomic E-state index is 6.09. The van der Waals surface area contributed by atoms with Gasteiger partial charge in [-0.1, -0.05) is 25.7 Å². The van der Waals surface area contributed by atoms with Gasteiger partial charge in [0.15, 0.2) is 5.66 Å². The molecule has 0 unspecified atom stereocenters. The van der Waals surface area contributed by atoms with Crippen LogP contribution in [0.3, 0.4) is 0 Å². The summed E-state index contributed by atoms with van der Waals surface area (Å²) in [7, 11) is 0. The van der Waals surface area contributed by atoms with Crippen LogP contribution < -0.4 is 11.5 Å². The van der Waals surface area contributed by atoms with Crippen molar-refractivity contribution in [2.45, 2.75) is 69.9 Å². The number of nitrogens with two attached hydrogens (primary N) is 2. The smallest absolute Gasteiger partial charge is 0.226 e. The molecule has 6 nitrogen and oxygen atoms in total. The van der Waals surface area contributed by atoms with Crippen LogP contribution in [-0.2, 0) is 4.84 Å². The highest BCUT2D eigenvalue weighted by atomic mass is 79.9. The Morgan fingerprint density at radius 1 is 1.05 bits per heavy atom. The van der Waals surface area contributed by atoms with Crippen LogP contribution >= 0.6 is 17.0 Å². The molecule has 2 fully saturated rings. The second-order valence-corrected chi connectivity index (χ2v) is 6.58. The van der Waals surface area contributed by atoms with Gasteiger partial charge in [-0.25, -0.2) is 4.99 Å². The van der Waals surface area contributed by atoms with Crippen molar-refractivity contribution in [3.8, 4) is 0 Å². The number of halogens is 1. The normalized spacial score (nSPS) is 25.4. The lowest BCUT2D eigenvalue weighted by molar-refractivity contribution is -0.187. The van der Waals surface area contributed by atoms with Crippen LogP contribution in [0.4, 0.5) is 0 Å². The molecule has 22 heavy (non-hydrogen) atoms. The van der Waals surface area contributed by atoms with Gasteiger partial charge in [0.1, 0.15) is 0 Å². The van der Waals surface area contributed by atoms with Crippen LogP contribution in [0.15, 0.2) is 9.98 Å². The van der Waals surface area contributed by atoms with Gasteiger partial charge in [-0.3, -0.25) is 4.84 Å². The first kappa shape index (κ1) is 17.5. The molecule has 0 radical (unpaired) electrons. The molecule has 0 aromatic rings. The number of aliphatic imine (C=N–C) groups is 2. The molecule has 2 aliphatic carbocycles. The second kappa shape index (κ2) is 7.64. The number of nitrogens with zero attached hydrogens (tertiary/aromatic N) is 3. The minimum Gasteiger partial charge on any atom is -0.368 e. The van der Waals surface area contributed by atoms with Crippen LogP contribution in [0.2, 0.25) is 0 Å². The predicted molar refractivity (Wildman–Crippen MR) is 93.7 cm³/mol. The van der Waals surface area contributed by atoms with E-state index in [9.17, 15) is 0 Å². The summed E-state index contributed by atoms with van der Waals surface area (Å²) >= 11 is 0. The zero-order valence-electron chi connectivity index (χ0n) is 13.2. The molecule has 1 spiro atoms. The SMILES string of the molecule is Br.NC1=NC2(CCCCC2)N(OCC2CCCCC2)C(N)=N1. The summed E-state index contributed by atoms with van der Waals surface area (Å²) in [4.78, 5) is 14.8. The predicted octanol–water partition coefficient (Wildman–Crippen LogP) is 2.68. The summed E-state index contributed by atoms with van der Waals surface area (Å²) in [6, 6.07) is 0. The Bertz CT molecular complexity index is 428. The first-order chi connectivity index (χ1) is 10.2. The molecule has 1 heterocycles. The average molecular weight is 374 g/mol. The lowest BCUT2D eigenvalue weighted by Crippen LogP contribution is -2.58. The van der Waals surface area contributed by atoms with E-state index in [4.69, 9.17) is 16.3 Å². The summed E-state index contributed by atoms with van der Waals surface area (Å²) in [5.41, 5.74) is 11.5. The van der Waals surface area contributed by atoms with Gasteiger partial charge in [0.25, 0.3) is 0 Å². The Morgan fingerprint density at radius 2 is 1.68 bits per heavy atom. The molecule has 0 atom stereocenters. The van der Waals surface area contributed by atoms with Gasteiger partial charge in [0, 0.05) is 0 Å². The molecule has 0 bridgehead atoms. The van der Waals surface area contributed by atoms with E-state index in [-0.39, 0.29) is 22.9 Å². The van der Waals surface area contributed by atoms with E-state index < -0.39 is 5.66 Å². The molecule has 2 saturated carbocycles. The van der Waals surface area contributed by atoms with Crippen molar-refractivity contribution in [2.24, 2.45) is 27.4 Å². The van der Waals surface area contributed by atoms with Crippen LogP contribution in [0.1, 0.15) is 64.2 Å². The minimum atomic E-state index is -0.414. The highest BCUT2D eigenvalue weighted by molar-refractivity contribution is 8.93. The molecule has 4 N–H and O–H groups in total. The maximum Gasteiger partial charge on any atom is 0.226 e. The van der Waals surface area contributed by atoms with Crippen molar-refractivity contribution in [2.75, 3.05) is 6.61 Å². The molecule has 1 aliphatic heterocycles. The fourth-order valence-corrected chi connectivity index (χ4v) is 3.81. The van der Waals surface area contributed by atoms with Gasteiger partial charge in [0.2, 0.25) is 11.9 Å². The number of guanidine groups is 2. The van der Waals surface area contributed by atoms with Gasteiger partial charge in [-0.05, 0) is 44.4 Å². The van der Waals surface area contributed by atoms with E-state index in [1.54, 1.807) is 5.06 Å². The molecular weight excluding hydrogens is 346 g/mol. The van der Waals surface area contributed by atoms with E-state index in [1.807, 2.05) is 0 Å². The third-order valence-corrected chi connectivity index (χ3v) is 4.96. The van der Waals surface area contributed by atoms with Gasteiger partial charge in [0.05, 0.1) is 6.61 Å². The lowest BCUT2D eigenvalue weighted by Gasteiger charge is -2.44. The van der Waals surface area contributed by atoms with Crippen molar-refractivity contribution in [3.05, 3.63) is 0 Å². The van der Waals surface area contributed by atoms with Crippen LogP contribution in [0.25, 0.3) is 0 Å². The molecule has 0 aromatic carbocycles. The van der Waals surface area contributed by atoms with Crippen molar-refractivity contribution < 1.29 is 4.84 Å². The molecule has 0 amide bonds. The summed E-state index contributed by atoms with van der Waals surface area (Å²) in [6.45, 7) is 0.716. The highest BCUT2D eigenvalue weighted by Gasteiger charge is 2.43. The number of hydrogen-bond donors (Lipinski definition) is 2. The largest absolute Gasteiger partial charge is 0.368 e. The summed E-state index contributed by atoms with van der Waals surface area (Å²) in [5.74, 6) is 1.28. The third-order valence-electron chi connectivity index (χ3n) is 4.96. The van der Waals surface area contributed by atoms with Crippen LogP contribution in [0.5, 0.6) is 0 Å². The highest BCUT2D eigenvalue weighted by Crippen LogP contribution is 2.37. The Labute approximate surface area is 143 Å². The summed E-state index contributed by atoms with van der Waals surface area (Å²) in [5, 5.41) is 1.76. The fourth-order valence-electron chi connectivity index (χ4n) is 3.81. The van der Waals surface area contributed by atoms with Crippen molar-refractivity contribution >= 4 is 28.9 Å². The molecule has 126 valence electrons. The van der Waals surface area contributed by atoms with E-state index in [0.29, 0.717) is 18.5 Å². The number of hydroxylamine groups is 2. The van der Waals surface area contributed by atoms with Gasteiger partial charge >= 0.3 is 0 Å². The molecule has 7 heteroatoms. The van der Waals surface area contributed by atoms with Crippen LogP contribution in [-0.4, -0.2) is 29.3 Å². The average Bonchev–Trinajstić information content (AvgIpc) is 2.48. The van der Waals surface area contributed by atoms with E-state index >= 15 is 0 Å². The minimum absolute atomic E-state index is 0. The summed E-state index contributed by atoms with van der Waals surface area (Å²) in [6.07, 6.45) is 11.9. The summed E-state index contributed by atoms with van der Waals surface area (Å²) < 4.78 is 0. The van der Waals surface area contributed by atoms with Crippen molar-refractivity contribution in [3.63, 3.8) is 0 Å². The molecule has 0 aromatic heterocycles. The Balaban J connectivity index is 0.00000176. The Kier molecular flexibility index (Phi) is 6.09.